The fourth-order valence-electron chi connectivity index (χ4n) is 2.54. The van der Waals surface area contributed by atoms with E-state index in [1.807, 2.05) is 42.6 Å². The van der Waals surface area contributed by atoms with Gasteiger partial charge in [0.2, 0.25) is 0 Å². The predicted molar refractivity (Wildman–Crippen MR) is 102 cm³/mol. The molecule has 0 unspecified atom stereocenters. The Morgan fingerprint density at radius 3 is 2.62 bits per heavy atom. The molecule has 6 heteroatoms. The van der Waals surface area contributed by atoms with Crippen LogP contribution in [0, 0.1) is 12.7 Å². The van der Waals surface area contributed by atoms with E-state index < -0.39 is 0 Å². The second-order valence-corrected chi connectivity index (χ2v) is 5.97. The molecule has 3 N–H and O–H groups in total. The van der Waals surface area contributed by atoms with Gasteiger partial charge in [-0.15, -0.1) is 0 Å². The summed E-state index contributed by atoms with van der Waals surface area (Å²) in [7, 11) is 1.70. The summed E-state index contributed by atoms with van der Waals surface area (Å²) in [4.78, 5) is 11.9. The third-order valence-electron chi connectivity index (χ3n) is 4.06. The number of nitrogens with one attached hydrogen (secondary N) is 3. The van der Waals surface area contributed by atoms with Gasteiger partial charge in [-0.1, -0.05) is 42.5 Å². The molecule has 0 fully saturated rings. The van der Waals surface area contributed by atoms with Crippen molar-refractivity contribution in [2.24, 2.45) is 4.99 Å². The highest BCUT2D eigenvalue weighted by atomic mass is 19.1. The van der Waals surface area contributed by atoms with E-state index in [4.69, 9.17) is 0 Å². The minimum Gasteiger partial charge on any atom is -0.352 e. The zero-order valence-electron chi connectivity index (χ0n) is 14.9. The van der Waals surface area contributed by atoms with Crippen molar-refractivity contribution >= 4 is 5.96 Å². The summed E-state index contributed by atoms with van der Waals surface area (Å²) in [6.45, 7) is 2.75. The van der Waals surface area contributed by atoms with Crippen molar-refractivity contribution in [2.75, 3.05) is 7.05 Å². The number of aryl methyl sites for hydroxylation is 1. The van der Waals surface area contributed by atoms with Gasteiger partial charge in [-0.3, -0.25) is 4.99 Å². The number of imidazole rings is 1. The first-order valence-corrected chi connectivity index (χ1v) is 8.44. The summed E-state index contributed by atoms with van der Waals surface area (Å²) in [5.74, 6) is 1.24. The van der Waals surface area contributed by atoms with Crippen LogP contribution < -0.4 is 10.6 Å². The first-order chi connectivity index (χ1) is 12.7. The van der Waals surface area contributed by atoms with Crippen molar-refractivity contribution in [3.63, 3.8) is 0 Å². The van der Waals surface area contributed by atoms with Crippen molar-refractivity contribution in [1.29, 1.82) is 0 Å². The van der Waals surface area contributed by atoms with Gasteiger partial charge in [-0.25, -0.2) is 9.37 Å². The van der Waals surface area contributed by atoms with Gasteiger partial charge in [0.05, 0.1) is 18.4 Å². The zero-order chi connectivity index (χ0) is 18.4. The average Bonchev–Trinajstić information content (AvgIpc) is 3.14. The molecule has 1 aromatic heterocycles. The van der Waals surface area contributed by atoms with Crippen molar-refractivity contribution in [2.45, 2.75) is 20.0 Å². The van der Waals surface area contributed by atoms with Gasteiger partial charge >= 0.3 is 0 Å². The SMILES string of the molecule is CN=C(NCc1ccc(C)c(F)c1)NCc1ncc(-c2ccccc2)[nH]1. The second-order valence-electron chi connectivity index (χ2n) is 5.97. The Morgan fingerprint density at radius 1 is 1.12 bits per heavy atom. The standard InChI is InChI=1S/C20H22FN5/c1-14-8-9-15(10-17(14)21)11-24-20(22-2)25-13-19-23-12-18(26-19)16-6-4-3-5-7-16/h3-10,12H,11,13H2,1-2H3,(H,23,26)(H2,22,24,25). The number of guanidine groups is 1. The molecule has 0 saturated carbocycles. The molecule has 0 aliphatic rings. The third kappa shape index (κ3) is 4.47. The van der Waals surface area contributed by atoms with Crippen LogP contribution in [0.5, 0.6) is 0 Å². The van der Waals surface area contributed by atoms with Crippen LogP contribution in [0.15, 0.2) is 59.7 Å². The van der Waals surface area contributed by atoms with E-state index in [-0.39, 0.29) is 5.82 Å². The number of nitrogens with zero attached hydrogens (tertiary/aromatic N) is 2. The molecule has 134 valence electrons. The molecule has 0 saturated heterocycles. The predicted octanol–water partition coefficient (Wildman–Crippen LogP) is 3.39. The first kappa shape index (κ1) is 17.7. The van der Waals surface area contributed by atoms with Crippen LogP contribution in [0.1, 0.15) is 17.0 Å². The van der Waals surface area contributed by atoms with Crippen LogP contribution in [0.25, 0.3) is 11.3 Å². The third-order valence-corrected chi connectivity index (χ3v) is 4.06. The van der Waals surface area contributed by atoms with E-state index in [9.17, 15) is 4.39 Å². The summed E-state index contributed by atoms with van der Waals surface area (Å²) in [6.07, 6.45) is 1.82. The monoisotopic (exact) mass is 351 g/mol. The highest BCUT2D eigenvalue weighted by Gasteiger charge is 2.05. The highest BCUT2D eigenvalue weighted by molar-refractivity contribution is 5.79. The maximum atomic E-state index is 13.6. The molecule has 0 atom stereocenters. The first-order valence-electron chi connectivity index (χ1n) is 8.44. The number of halogens is 1. The highest BCUT2D eigenvalue weighted by Crippen LogP contribution is 2.15. The molecule has 0 aliphatic heterocycles. The number of hydrogen-bond acceptors (Lipinski definition) is 2. The Hall–Kier alpha value is -3.15. The maximum Gasteiger partial charge on any atom is 0.191 e. The van der Waals surface area contributed by atoms with Gasteiger partial charge in [0.15, 0.2) is 5.96 Å². The lowest BCUT2D eigenvalue weighted by atomic mass is 10.1. The van der Waals surface area contributed by atoms with Gasteiger partial charge in [0.1, 0.15) is 11.6 Å². The van der Waals surface area contributed by atoms with Gasteiger partial charge in [0.25, 0.3) is 0 Å². The van der Waals surface area contributed by atoms with E-state index in [0.29, 0.717) is 24.6 Å². The summed E-state index contributed by atoms with van der Waals surface area (Å²) in [5.41, 5.74) is 3.57. The molecular formula is C20H22FN5. The quantitative estimate of drug-likeness (QED) is 0.488. The number of aliphatic imine (C=N–C) groups is 1. The van der Waals surface area contributed by atoms with Crippen molar-refractivity contribution in [3.05, 3.63) is 77.5 Å². The van der Waals surface area contributed by atoms with Crippen molar-refractivity contribution in [1.82, 2.24) is 20.6 Å². The lowest BCUT2D eigenvalue weighted by Gasteiger charge is -2.11. The molecular weight excluding hydrogens is 329 g/mol. The molecule has 26 heavy (non-hydrogen) atoms. The normalized spacial score (nSPS) is 11.4. The van der Waals surface area contributed by atoms with Crippen LogP contribution in [0.4, 0.5) is 4.39 Å². The smallest absolute Gasteiger partial charge is 0.191 e. The van der Waals surface area contributed by atoms with Crippen molar-refractivity contribution in [3.8, 4) is 11.3 Å². The summed E-state index contributed by atoms with van der Waals surface area (Å²) in [5, 5.41) is 6.37. The van der Waals surface area contributed by atoms with Crippen LogP contribution in [-0.4, -0.2) is 23.0 Å². The van der Waals surface area contributed by atoms with Crippen molar-refractivity contribution < 1.29 is 4.39 Å². The Bertz CT molecular complexity index is 886. The zero-order valence-corrected chi connectivity index (χ0v) is 14.9. The molecule has 3 rings (SSSR count). The fraction of sp³-hybridized carbons (Fsp3) is 0.200. The number of aromatic nitrogens is 2. The molecule has 0 aliphatic carbocycles. The van der Waals surface area contributed by atoms with Crippen LogP contribution in [0.2, 0.25) is 0 Å². The second kappa shape index (κ2) is 8.29. The number of H-pyrrole nitrogens is 1. The fourth-order valence-corrected chi connectivity index (χ4v) is 2.54. The number of benzene rings is 2. The van der Waals surface area contributed by atoms with Gasteiger partial charge in [-0.05, 0) is 29.7 Å². The number of aromatic amines is 1. The number of hydrogen-bond donors (Lipinski definition) is 3. The van der Waals surface area contributed by atoms with Crippen LogP contribution >= 0.6 is 0 Å². The van der Waals surface area contributed by atoms with E-state index >= 15 is 0 Å². The molecule has 3 aromatic rings. The summed E-state index contributed by atoms with van der Waals surface area (Å²) < 4.78 is 13.6. The Labute approximate surface area is 152 Å². The minimum absolute atomic E-state index is 0.198. The summed E-state index contributed by atoms with van der Waals surface area (Å²) in [6, 6.07) is 15.2. The van der Waals surface area contributed by atoms with Gasteiger partial charge < -0.3 is 15.6 Å². The molecule has 2 aromatic carbocycles. The Kier molecular flexibility index (Phi) is 5.63. The van der Waals surface area contributed by atoms with E-state index in [0.717, 1.165) is 22.6 Å². The molecule has 5 nitrogen and oxygen atoms in total. The van der Waals surface area contributed by atoms with Gasteiger partial charge in [0, 0.05) is 13.6 Å². The maximum absolute atomic E-state index is 13.6. The average molecular weight is 351 g/mol. The molecule has 0 radical (unpaired) electrons. The van der Waals surface area contributed by atoms with E-state index in [2.05, 4.69) is 25.6 Å². The molecule has 0 amide bonds. The minimum atomic E-state index is -0.198. The molecule has 0 bridgehead atoms. The molecule has 0 spiro atoms. The van der Waals surface area contributed by atoms with Gasteiger partial charge in [-0.2, -0.15) is 0 Å². The Morgan fingerprint density at radius 2 is 1.88 bits per heavy atom. The Balaban J connectivity index is 1.54. The lowest BCUT2D eigenvalue weighted by molar-refractivity contribution is 0.615. The number of rotatable bonds is 5. The van der Waals surface area contributed by atoms with Crippen LogP contribution in [-0.2, 0) is 13.1 Å². The molecule has 1 heterocycles. The summed E-state index contributed by atoms with van der Waals surface area (Å²) >= 11 is 0. The van der Waals surface area contributed by atoms with Crippen LogP contribution in [0.3, 0.4) is 0 Å². The largest absolute Gasteiger partial charge is 0.352 e. The van der Waals surface area contributed by atoms with E-state index in [1.54, 1.807) is 20.0 Å². The van der Waals surface area contributed by atoms with E-state index in [1.165, 1.54) is 6.07 Å². The topological polar surface area (TPSA) is 65.1 Å². The lowest BCUT2D eigenvalue weighted by Crippen LogP contribution is -2.36.